The molecule has 0 radical (unpaired) electrons. The molecule has 0 N–H and O–H groups in total. The van der Waals surface area contributed by atoms with Gasteiger partial charge in [0, 0.05) is 20.3 Å². The Morgan fingerprint density at radius 2 is 2.36 bits per heavy atom. The molecule has 0 fully saturated rings. The highest BCUT2D eigenvalue weighted by molar-refractivity contribution is 5.01. The van der Waals surface area contributed by atoms with Crippen LogP contribution in [0, 0.1) is 11.3 Å². The molecule has 3 nitrogen and oxygen atoms in total. The first-order valence-electron chi connectivity index (χ1n) is 3.77. The Hall–Kier alpha value is -1.01. The van der Waals surface area contributed by atoms with Gasteiger partial charge >= 0.3 is 0 Å². The Morgan fingerprint density at radius 3 is 2.82 bits per heavy atom. The zero-order valence-electron chi connectivity index (χ0n) is 6.99. The average molecular weight is 151 g/mol. The maximum atomic E-state index is 8.76. The third-order valence-electron chi connectivity index (χ3n) is 1.80. The first-order valence-corrected chi connectivity index (χ1v) is 3.77. The van der Waals surface area contributed by atoms with Crippen molar-refractivity contribution in [1.29, 1.82) is 5.26 Å². The minimum Gasteiger partial charge on any atom is -0.297 e. The quantitative estimate of drug-likeness (QED) is 0.559. The van der Waals surface area contributed by atoms with E-state index in [2.05, 4.69) is 12.1 Å². The van der Waals surface area contributed by atoms with Gasteiger partial charge in [0.1, 0.15) is 6.04 Å². The van der Waals surface area contributed by atoms with Gasteiger partial charge in [-0.25, -0.2) is 5.01 Å². The summed E-state index contributed by atoms with van der Waals surface area (Å²) in [5.74, 6) is 0. The standard InChI is InChI=1S/C8H13N3/c1-10(2)11-6-4-3-5-8(11)7-9/h4,6,8H,3,5H2,1-2H3. The highest BCUT2D eigenvalue weighted by Crippen LogP contribution is 2.14. The molecule has 1 atom stereocenters. The second kappa shape index (κ2) is 3.40. The molecule has 0 saturated heterocycles. The van der Waals surface area contributed by atoms with Crippen molar-refractivity contribution in [2.75, 3.05) is 14.1 Å². The summed E-state index contributed by atoms with van der Waals surface area (Å²) < 4.78 is 0. The maximum Gasteiger partial charge on any atom is 0.131 e. The normalized spacial score (nSPS) is 23.8. The van der Waals surface area contributed by atoms with Crippen molar-refractivity contribution >= 4 is 0 Å². The van der Waals surface area contributed by atoms with Crippen molar-refractivity contribution in [3.05, 3.63) is 12.3 Å². The third kappa shape index (κ3) is 1.72. The van der Waals surface area contributed by atoms with Crippen LogP contribution < -0.4 is 0 Å². The summed E-state index contributed by atoms with van der Waals surface area (Å²) >= 11 is 0. The van der Waals surface area contributed by atoms with Gasteiger partial charge in [-0.15, -0.1) is 0 Å². The van der Waals surface area contributed by atoms with Crippen LogP contribution in [0.4, 0.5) is 0 Å². The molecule has 0 aliphatic carbocycles. The van der Waals surface area contributed by atoms with Gasteiger partial charge in [0.15, 0.2) is 0 Å². The molecule has 0 spiro atoms. The monoisotopic (exact) mass is 151 g/mol. The number of hydrazine groups is 1. The molecular weight excluding hydrogens is 138 g/mol. The van der Waals surface area contributed by atoms with E-state index in [0.717, 1.165) is 12.8 Å². The number of allylic oxidation sites excluding steroid dienone is 1. The van der Waals surface area contributed by atoms with Gasteiger partial charge in [0.25, 0.3) is 0 Å². The van der Waals surface area contributed by atoms with Crippen LogP contribution in [0.15, 0.2) is 12.3 Å². The summed E-state index contributed by atoms with van der Waals surface area (Å²) in [7, 11) is 3.89. The number of nitriles is 1. The molecule has 0 aromatic carbocycles. The smallest absolute Gasteiger partial charge is 0.131 e. The van der Waals surface area contributed by atoms with E-state index in [0.29, 0.717) is 0 Å². The summed E-state index contributed by atoms with van der Waals surface area (Å²) in [5, 5.41) is 12.6. The van der Waals surface area contributed by atoms with E-state index in [4.69, 9.17) is 5.26 Å². The molecule has 60 valence electrons. The number of rotatable bonds is 1. The molecule has 0 saturated carbocycles. The van der Waals surface area contributed by atoms with E-state index in [9.17, 15) is 0 Å². The summed E-state index contributed by atoms with van der Waals surface area (Å²) in [5.41, 5.74) is 0. The maximum absolute atomic E-state index is 8.76. The lowest BCUT2D eigenvalue weighted by Gasteiger charge is -2.33. The van der Waals surface area contributed by atoms with Gasteiger partial charge in [-0.05, 0) is 12.8 Å². The lowest BCUT2D eigenvalue weighted by atomic mass is 10.1. The highest BCUT2D eigenvalue weighted by atomic mass is 15.6. The van der Waals surface area contributed by atoms with Crippen LogP contribution in [0.2, 0.25) is 0 Å². The van der Waals surface area contributed by atoms with Crippen molar-refractivity contribution in [3.63, 3.8) is 0 Å². The van der Waals surface area contributed by atoms with Crippen molar-refractivity contribution in [3.8, 4) is 6.07 Å². The zero-order valence-corrected chi connectivity index (χ0v) is 6.99. The molecule has 1 heterocycles. The second-order valence-electron chi connectivity index (χ2n) is 2.83. The van der Waals surface area contributed by atoms with Gasteiger partial charge in [-0.3, -0.25) is 5.01 Å². The van der Waals surface area contributed by atoms with Crippen LogP contribution >= 0.6 is 0 Å². The molecule has 1 rings (SSSR count). The highest BCUT2D eigenvalue weighted by Gasteiger charge is 2.18. The van der Waals surface area contributed by atoms with Crippen LogP contribution in [0.5, 0.6) is 0 Å². The third-order valence-corrected chi connectivity index (χ3v) is 1.80. The van der Waals surface area contributed by atoms with Crippen molar-refractivity contribution in [1.82, 2.24) is 10.0 Å². The van der Waals surface area contributed by atoms with Gasteiger partial charge in [-0.1, -0.05) is 6.08 Å². The SMILES string of the molecule is CN(C)N1C=CCCC1C#N. The van der Waals surface area contributed by atoms with Crippen molar-refractivity contribution in [2.45, 2.75) is 18.9 Å². The Balaban J connectivity index is 2.66. The number of hydrogen-bond acceptors (Lipinski definition) is 3. The molecule has 3 heteroatoms. The molecule has 1 unspecified atom stereocenters. The average Bonchev–Trinajstić information content (AvgIpc) is 2.04. The van der Waals surface area contributed by atoms with Crippen LogP contribution in [0.1, 0.15) is 12.8 Å². The fraction of sp³-hybridized carbons (Fsp3) is 0.625. The first kappa shape index (κ1) is 8.09. The molecule has 11 heavy (non-hydrogen) atoms. The van der Waals surface area contributed by atoms with Crippen LogP contribution in [-0.4, -0.2) is 30.2 Å². The minimum absolute atomic E-state index is 0.0231. The van der Waals surface area contributed by atoms with Gasteiger partial charge in [0.2, 0.25) is 0 Å². The van der Waals surface area contributed by atoms with E-state index in [1.165, 1.54) is 0 Å². The van der Waals surface area contributed by atoms with Gasteiger partial charge in [-0.2, -0.15) is 5.26 Å². The van der Waals surface area contributed by atoms with E-state index in [-0.39, 0.29) is 6.04 Å². The van der Waals surface area contributed by atoms with Crippen LogP contribution in [0.25, 0.3) is 0 Å². The number of nitrogens with zero attached hydrogens (tertiary/aromatic N) is 3. The molecule has 0 bridgehead atoms. The fourth-order valence-corrected chi connectivity index (χ4v) is 1.21. The Labute approximate surface area is 67.5 Å². The zero-order chi connectivity index (χ0) is 8.27. The summed E-state index contributed by atoms with van der Waals surface area (Å²) in [6.45, 7) is 0. The predicted octanol–water partition coefficient (Wildman–Crippen LogP) is 0.965. The summed E-state index contributed by atoms with van der Waals surface area (Å²) in [4.78, 5) is 0. The molecule has 1 aliphatic rings. The lowest BCUT2D eigenvalue weighted by molar-refractivity contribution is 0.0480. The van der Waals surface area contributed by atoms with Gasteiger partial charge < -0.3 is 0 Å². The molecule has 0 amide bonds. The topological polar surface area (TPSA) is 30.3 Å². The molecule has 1 aliphatic heterocycles. The number of hydrogen-bond donors (Lipinski definition) is 0. The molecule has 0 aromatic heterocycles. The van der Waals surface area contributed by atoms with E-state index >= 15 is 0 Å². The van der Waals surface area contributed by atoms with Crippen molar-refractivity contribution in [2.24, 2.45) is 0 Å². The van der Waals surface area contributed by atoms with E-state index < -0.39 is 0 Å². The fourth-order valence-electron chi connectivity index (χ4n) is 1.21. The van der Waals surface area contributed by atoms with Crippen molar-refractivity contribution < 1.29 is 0 Å². The van der Waals surface area contributed by atoms with Gasteiger partial charge in [0.05, 0.1) is 6.07 Å². The first-order chi connectivity index (χ1) is 5.25. The van der Waals surface area contributed by atoms with Crippen LogP contribution in [0.3, 0.4) is 0 Å². The predicted molar refractivity (Wildman–Crippen MR) is 43.3 cm³/mol. The minimum atomic E-state index is 0.0231. The molecular formula is C8H13N3. The molecule has 0 aromatic rings. The van der Waals surface area contributed by atoms with E-state index in [1.54, 1.807) is 0 Å². The Bertz CT molecular complexity index is 190. The Kier molecular flexibility index (Phi) is 2.50. The van der Waals surface area contributed by atoms with E-state index in [1.807, 2.05) is 30.3 Å². The Morgan fingerprint density at radius 1 is 1.64 bits per heavy atom. The lowest BCUT2D eigenvalue weighted by Crippen LogP contribution is -2.41. The summed E-state index contributed by atoms with van der Waals surface area (Å²) in [6.07, 6.45) is 6.01. The second-order valence-corrected chi connectivity index (χ2v) is 2.83. The van der Waals surface area contributed by atoms with Crippen LogP contribution in [-0.2, 0) is 0 Å². The summed E-state index contributed by atoms with van der Waals surface area (Å²) in [6, 6.07) is 2.29. The largest absolute Gasteiger partial charge is 0.297 e.